The number of rotatable bonds is 4. The van der Waals surface area contributed by atoms with Crippen LogP contribution in [0.5, 0.6) is 5.75 Å². The molecule has 3 N–H and O–H groups in total. The lowest BCUT2D eigenvalue weighted by molar-refractivity contribution is -0.117. The molecule has 0 spiro atoms. The highest BCUT2D eigenvalue weighted by Gasteiger charge is 2.18. The van der Waals surface area contributed by atoms with Crippen molar-refractivity contribution in [3.63, 3.8) is 0 Å². The molecular formula is C15H14BrClN2O2. The van der Waals surface area contributed by atoms with Crippen LogP contribution in [0.2, 0.25) is 5.02 Å². The minimum atomic E-state index is -0.770. The van der Waals surface area contributed by atoms with Gasteiger partial charge >= 0.3 is 0 Å². The van der Waals surface area contributed by atoms with Crippen LogP contribution in [0.25, 0.3) is 0 Å². The van der Waals surface area contributed by atoms with E-state index >= 15 is 0 Å². The Bertz CT molecular complexity index is 650. The molecule has 21 heavy (non-hydrogen) atoms. The second-order valence-corrected chi connectivity index (χ2v) is 5.64. The fourth-order valence-electron chi connectivity index (χ4n) is 1.88. The maximum atomic E-state index is 12.3. The van der Waals surface area contributed by atoms with Gasteiger partial charge in [-0.3, -0.25) is 4.79 Å². The van der Waals surface area contributed by atoms with Gasteiger partial charge in [-0.15, -0.1) is 0 Å². The summed E-state index contributed by atoms with van der Waals surface area (Å²) in [5, 5.41) is 3.22. The average molecular weight is 370 g/mol. The van der Waals surface area contributed by atoms with Gasteiger partial charge in [-0.2, -0.15) is 0 Å². The van der Waals surface area contributed by atoms with Gasteiger partial charge in [0.2, 0.25) is 5.91 Å². The first kappa shape index (κ1) is 15.8. The number of amides is 1. The summed E-state index contributed by atoms with van der Waals surface area (Å²) >= 11 is 9.33. The summed E-state index contributed by atoms with van der Waals surface area (Å²) < 4.78 is 5.91. The SMILES string of the molecule is COc1c(Br)cc(Cl)cc1NC(=O)[C@H](N)c1ccccc1. The van der Waals surface area contributed by atoms with Crippen LogP contribution in [-0.4, -0.2) is 13.0 Å². The van der Waals surface area contributed by atoms with E-state index in [1.54, 1.807) is 24.3 Å². The molecule has 0 bridgehead atoms. The van der Waals surface area contributed by atoms with E-state index in [0.717, 1.165) is 5.56 Å². The lowest BCUT2D eigenvalue weighted by Crippen LogP contribution is -2.27. The molecule has 2 aromatic carbocycles. The molecule has 4 nitrogen and oxygen atoms in total. The number of methoxy groups -OCH3 is 1. The summed E-state index contributed by atoms with van der Waals surface area (Å²) in [6, 6.07) is 11.7. The highest BCUT2D eigenvalue weighted by Crippen LogP contribution is 2.36. The summed E-state index contributed by atoms with van der Waals surface area (Å²) in [6.45, 7) is 0. The number of carbonyl (C=O) groups excluding carboxylic acids is 1. The molecule has 2 aromatic rings. The van der Waals surface area contributed by atoms with Gasteiger partial charge < -0.3 is 15.8 Å². The van der Waals surface area contributed by atoms with Gasteiger partial charge in [-0.05, 0) is 33.6 Å². The van der Waals surface area contributed by atoms with Gasteiger partial charge in [0.15, 0.2) is 5.75 Å². The molecule has 2 rings (SSSR count). The van der Waals surface area contributed by atoms with E-state index in [0.29, 0.717) is 20.9 Å². The lowest BCUT2D eigenvalue weighted by atomic mass is 10.1. The minimum absolute atomic E-state index is 0.339. The van der Waals surface area contributed by atoms with E-state index < -0.39 is 6.04 Å². The first-order valence-corrected chi connectivity index (χ1v) is 7.34. The zero-order chi connectivity index (χ0) is 15.4. The molecule has 0 radical (unpaired) electrons. The van der Waals surface area contributed by atoms with Crippen LogP contribution >= 0.6 is 27.5 Å². The van der Waals surface area contributed by atoms with Crippen molar-refractivity contribution in [1.82, 2.24) is 0 Å². The van der Waals surface area contributed by atoms with Gasteiger partial charge in [0.1, 0.15) is 6.04 Å². The van der Waals surface area contributed by atoms with Gasteiger partial charge in [-0.25, -0.2) is 0 Å². The number of halogens is 2. The van der Waals surface area contributed by atoms with Crippen molar-refractivity contribution < 1.29 is 9.53 Å². The van der Waals surface area contributed by atoms with Crippen molar-refractivity contribution in [2.24, 2.45) is 5.73 Å². The normalized spacial score (nSPS) is 11.8. The second kappa shape index (κ2) is 6.93. The quantitative estimate of drug-likeness (QED) is 0.862. The molecule has 110 valence electrons. The number of ether oxygens (including phenoxy) is 1. The van der Waals surface area contributed by atoms with Crippen molar-refractivity contribution in [2.75, 3.05) is 12.4 Å². The van der Waals surface area contributed by atoms with Gasteiger partial charge in [0.25, 0.3) is 0 Å². The second-order valence-electron chi connectivity index (χ2n) is 4.35. The Hall–Kier alpha value is -1.56. The van der Waals surface area contributed by atoms with E-state index in [4.69, 9.17) is 22.1 Å². The molecule has 0 aliphatic carbocycles. The fraction of sp³-hybridized carbons (Fsp3) is 0.133. The standard InChI is InChI=1S/C15H14BrClN2O2/c1-21-14-11(16)7-10(17)8-12(14)19-15(20)13(18)9-5-3-2-4-6-9/h2-8,13H,18H2,1H3,(H,19,20)/t13-/m1/s1. The van der Waals surface area contributed by atoms with E-state index in [1.165, 1.54) is 7.11 Å². The van der Waals surface area contributed by atoms with Crippen molar-refractivity contribution in [2.45, 2.75) is 6.04 Å². The predicted octanol–water partition coefficient (Wildman–Crippen LogP) is 3.75. The summed E-state index contributed by atoms with van der Waals surface area (Å²) in [4.78, 5) is 12.3. The van der Waals surface area contributed by atoms with E-state index in [2.05, 4.69) is 21.2 Å². The maximum Gasteiger partial charge on any atom is 0.245 e. The maximum absolute atomic E-state index is 12.3. The fourth-order valence-corrected chi connectivity index (χ4v) is 2.85. The molecule has 0 unspecified atom stereocenters. The molecule has 0 heterocycles. The number of hydrogen-bond donors (Lipinski definition) is 2. The van der Waals surface area contributed by atoms with Crippen LogP contribution in [0.3, 0.4) is 0 Å². The lowest BCUT2D eigenvalue weighted by Gasteiger charge is -2.16. The van der Waals surface area contributed by atoms with Gasteiger partial charge in [0.05, 0.1) is 17.3 Å². The number of nitrogens with two attached hydrogens (primary N) is 1. The number of benzene rings is 2. The number of nitrogens with one attached hydrogen (secondary N) is 1. The highest BCUT2D eigenvalue weighted by atomic mass is 79.9. The summed E-state index contributed by atoms with van der Waals surface area (Å²) in [5.74, 6) is 0.154. The van der Waals surface area contributed by atoms with Gasteiger partial charge in [0, 0.05) is 5.02 Å². The molecule has 0 aromatic heterocycles. The summed E-state index contributed by atoms with van der Waals surface area (Å²) in [5.41, 5.74) is 7.15. The molecule has 0 aliphatic rings. The zero-order valence-electron chi connectivity index (χ0n) is 11.3. The summed E-state index contributed by atoms with van der Waals surface area (Å²) in [7, 11) is 1.51. The number of carbonyl (C=O) groups is 1. The smallest absolute Gasteiger partial charge is 0.245 e. The molecular weight excluding hydrogens is 356 g/mol. The Kier molecular flexibility index (Phi) is 5.22. The molecule has 0 saturated heterocycles. The predicted molar refractivity (Wildman–Crippen MR) is 87.7 cm³/mol. The molecule has 0 saturated carbocycles. The third-order valence-corrected chi connectivity index (χ3v) is 3.72. The molecule has 0 fully saturated rings. The van der Waals surface area contributed by atoms with Crippen molar-refractivity contribution in [3.8, 4) is 5.75 Å². The molecule has 1 amide bonds. The van der Waals surface area contributed by atoms with E-state index in [-0.39, 0.29) is 5.91 Å². The van der Waals surface area contributed by atoms with Gasteiger partial charge in [-0.1, -0.05) is 41.9 Å². The van der Waals surface area contributed by atoms with E-state index in [1.807, 2.05) is 18.2 Å². The average Bonchev–Trinajstić information content (AvgIpc) is 2.47. The Morgan fingerprint density at radius 3 is 2.62 bits per heavy atom. The van der Waals surface area contributed by atoms with Crippen LogP contribution in [0.1, 0.15) is 11.6 Å². The van der Waals surface area contributed by atoms with Crippen molar-refractivity contribution in [1.29, 1.82) is 0 Å². The van der Waals surface area contributed by atoms with Crippen molar-refractivity contribution >= 4 is 39.1 Å². The zero-order valence-corrected chi connectivity index (χ0v) is 13.6. The number of hydrogen-bond acceptors (Lipinski definition) is 3. The first-order valence-electron chi connectivity index (χ1n) is 6.17. The highest BCUT2D eigenvalue weighted by molar-refractivity contribution is 9.10. The van der Waals surface area contributed by atoms with Crippen LogP contribution < -0.4 is 15.8 Å². The first-order chi connectivity index (χ1) is 10.0. The molecule has 1 atom stereocenters. The Balaban J connectivity index is 2.24. The topological polar surface area (TPSA) is 64.3 Å². The Morgan fingerprint density at radius 1 is 1.33 bits per heavy atom. The van der Waals surface area contributed by atoms with Crippen LogP contribution in [0, 0.1) is 0 Å². The number of anilines is 1. The summed E-state index contributed by atoms with van der Waals surface area (Å²) in [6.07, 6.45) is 0. The van der Waals surface area contributed by atoms with Crippen molar-refractivity contribution in [3.05, 3.63) is 57.5 Å². The third kappa shape index (κ3) is 3.75. The third-order valence-electron chi connectivity index (χ3n) is 2.91. The molecule has 6 heteroatoms. The monoisotopic (exact) mass is 368 g/mol. The molecule has 0 aliphatic heterocycles. The Labute approximate surface area is 136 Å². The van der Waals surface area contributed by atoms with Crippen LogP contribution in [-0.2, 0) is 4.79 Å². The minimum Gasteiger partial charge on any atom is -0.493 e. The van der Waals surface area contributed by atoms with Crippen LogP contribution in [0.15, 0.2) is 46.9 Å². The largest absolute Gasteiger partial charge is 0.493 e. The van der Waals surface area contributed by atoms with E-state index in [9.17, 15) is 4.79 Å². The van der Waals surface area contributed by atoms with Crippen LogP contribution in [0.4, 0.5) is 5.69 Å². The Morgan fingerprint density at radius 2 is 2.00 bits per heavy atom.